The van der Waals surface area contributed by atoms with E-state index in [4.69, 9.17) is 10.5 Å². The average molecular weight is 252 g/mol. The second-order valence-corrected chi connectivity index (χ2v) is 3.40. The summed E-state index contributed by atoms with van der Waals surface area (Å²) < 4.78 is 31.5. The average Bonchev–Trinajstić information content (AvgIpc) is 2.34. The van der Waals surface area contributed by atoms with Crippen LogP contribution >= 0.6 is 0 Å². The molecule has 0 amide bonds. The van der Waals surface area contributed by atoms with E-state index in [9.17, 15) is 8.78 Å². The van der Waals surface area contributed by atoms with Gasteiger partial charge < -0.3 is 15.8 Å². The second kappa shape index (κ2) is 4.82. The lowest BCUT2D eigenvalue weighted by atomic mass is 10.3. The molecule has 1 aromatic heterocycles. The number of rotatable bonds is 3. The molecule has 94 valence electrons. The molecule has 0 bridgehead atoms. The number of aromatic nitrogens is 2. The molecule has 2 rings (SSSR count). The summed E-state index contributed by atoms with van der Waals surface area (Å²) in [6, 6.07) is 4.11. The fourth-order valence-corrected chi connectivity index (χ4v) is 1.35. The molecule has 0 aliphatic heterocycles. The van der Waals surface area contributed by atoms with Gasteiger partial charge in [0.05, 0.1) is 13.3 Å². The number of anilines is 3. The Kier molecular flexibility index (Phi) is 3.22. The molecule has 3 N–H and O–H groups in total. The van der Waals surface area contributed by atoms with Gasteiger partial charge >= 0.3 is 0 Å². The SMILES string of the molecule is COc1ccc(Nc2nc(N)ncc2F)cc1F. The summed E-state index contributed by atoms with van der Waals surface area (Å²) in [6.45, 7) is 0. The first kappa shape index (κ1) is 12.0. The van der Waals surface area contributed by atoms with Crippen LogP contribution in [0.3, 0.4) is 0 Å². The van der Waals surface area contributed by atoms with E-state index in [0.717, 1.165) is 12.3 Å². The summed E-state index contributed by atoms with van der Waals surface area (Å²) in [7, 11) is 1.36. The largest absolute Gasteiger partial charge is 0.494 e. The molecule has 0 aliphatic rings. The molecule has 7 heteroatoms. The van der Waals surface area contributed by atoms with E-state index in [2.05, 4.69) is 15.3 Å². The molecule has 0 aliphatic carbocycles. The fraction of sp³-hybridized carbons (Fsp3) is 0.0909. The monoisotopic (exact) mass is 252 g/mol. The van der Waals surface area contributed by atoms with Crippen molar-refractivity contribution in [2.24, 2.45) is 0 Å². The first-order valence-electron chi connectivity index (χ1n) is 4.98. The van der Waals surface area contributed by atoms with E-state index < -0.39 is 11.6 Å². The maximum absolute atomic E-state index is 13.4. The lowest BCUT2D eigenvalue weighted by molar-refractivity contribution is 0.386. The van der Waals surface area contributed by atoms with Gasteiger partial charge in [-0.05, 0) is 12.1 Å². The van der Waals surface area contributed by atoms with Crippen molar-refractivity contribution < 1.29 is 13.5 Å². The minimum absolute atomic E-state index is 0.0760. The van der Waals surface area contributed by atoms with Crippen LogP contribution in [0.2, 0.25) is 0 Å². The third-order valence-electron chi connectivity index (χ3n) is 2.18. The lowest BCUT2D eigenvalue weighted by Gasteiger charge is -2.08. The molecule has 5 nitrogen and oxygen atoms in total. The zero-order valence-electron chi connectivity index (χ0n) is 9.45. The third-order valence-corrected chi connectivity index (χ3v) is 2.18. The van der Waals surface area contributed by atoms with Gasteiger partial charge in [-0.15, -0.1) is 0 Å². The zero-order valence-corrected chi connectivity index (χ0v) is 9.45. The van der Waals surface area contributed by atoms with E-state index in [0.29, 0.717) is 5.69 Å². The normalized spacial score (nSPS) is 10.2. The molecular formula is C11H10F2N4O. The summed E-state index contributed by atoms with van der Waals surface area (Å²) >= 11 is 0. The predicted octanol–water partition coefficient (Wildman–Crippen LogP) is 2.09. The van der Waals surface area contributed by atoms with Crippen LogP contribution in [0.15, 0.2) is 24.4 Å². The number of ether oxygens (including phenoxy) is 1. The molecule has 1 aromatic carbocycles. The van der Waals surface area contributed by atoms with E-state index in [-0.39, 0.29) is 17.5 Å². The topological polar surface area (TPSA) is 73.1 Å². The number of nitrogen functional groups attached to an aromatic ring is 1. The van der Waals surface area contributed by atoms with Crippen molar-refractivity contribution in [3.8, 4) is 5.75 Å². The summed E-state index contributed by atoms with van der Waals surface area (Å²) in [5.74, 6) is -1.34. The van der Waals surface area contributed by atoms with Crippen LogP contribution in [0, 0.1) is 11.6 Å². The van der Waals surface area contributed by atoms with E-state index >= 15 is 0 Å². The molecule has 0 unspecified atom stereocenters. The fourth-order valence-electron chi connectivity index (χ4n) is 1.35. The predicted molar refractivity (Wildman–Crippen MR) is 62.6 cm³/mol. The number of hydrogen-bond donors (Lipinski definition) is 2. The van der Waals surface area contributed by atoms with Crippen LogP contribution in [0.25, 0.3) is 0 Å². The third kappa shape index (κ3) is 2.45. The van der Waals surface area contributed by atoms with Crippen molar-refractivity contribution in [3.05, 3.63) is 36.0 Å². The van der Waals surface area contributed by atoms with Gasteiger partial charge in [0, 0.05) is 11.8 Å². The molecule has 1 heterocycles. The van der Waals surface area contributed by atoms with E-state index in [1.165, 1.54) is 19.2 Å². The van der Waals surface area contributed by atoms with Crippen molar-refractivity contribution >= 4 is 17.5 Å². The van der Waals surface area contributed by atoms with Gasteiger partial charge in [0.1, 0.15) is 0 Å². The highest BCUT2D eigenvalue weighted by molar-refractivity contribution is 5.58. The quantitative estimate of drug-likeness (QED) is 0.875. The summed E-state index contributed by atoms with van der Waals surface area (Å²) in [5.41, 5.74) is 5.66. The van der Waals surface area contributed by atoms with Crippen molar-refractivity contribution in [2.45, 2.75) is 0 Å². The molecular weight excluding hydrogens is 242 g/mol. The van der Waals surface area contributed by atoms with Crippen LogP contribution in [-0.4, -0.2) is 17.1 Å². The Morgan fingerprint density at radius 1 is 1.28 bits per heavy atom. The molecule has 0 saturated carbocycles. The van der Waals surface area contributed by atoms with Gasteiger partial charge in [-0.2, -0.15) is 4.98 Å². The number of nitrogens with one attached hydrogen (secondary N) is 1. The zero-order chi connectivity index (χ0) is 13.1. The summed E-state index contributed by atoms with van der Waals surface area (Å²) in [4.78, 5) is 7.15. The van der Waals surface area contributed by atoms with Crippen LogP contribution in [-0.2, 0) is 0 Å². The Bertz CT molecular complexity index is 577. The van der Waals surface area contributed by atoms with E-state index in [1.807, 2.05) is 0 Å². The van der Waals surface area contributed by atoms with Crippen LogP contribution in [0.1, 0.15) is 0 Å². The highest BCUT2D eigenvalue weighted by Crippen LogP contribution is 2.23. The number of methoxy groups -OCH3 is 1. The van der Waals surface area contributed by atoms with Crippen molar-refractivity contribution in [1.82, 2.24) is 9.97 Å². The first-order chi connectivity index (χ1) is 8.60. The second-order valence-electron chi connectivity index (χ2n) is 3.40. The number of nitrogens with zero attached hydrogens (tertiary/aromatic N) is 2. The van der Waals surface area contributed by atoms with Gasteiger partial charge in [0.25, 0.3) is 0 Å². The van der Waals surface area contributed by atoms with Gasteiger partial charge in [0.2, 0.25) is 5.95 Å². The number of benzene rings is 1. The van der Waals surface area contributed by atoms with Gasteiger partial charge in [-0.25, -0.2) is 13.8 Å². The molecule has 2 aromatic rings. The standard InChI is InChI=1S/C11H10F2N4O/c1-18-9-3-2-6(4-7(9)12)16-10-8(13)5-15-11(14)17-10/h2-5H,1H3,(H3,14,15,16,17). The molecule has 0 fully saturated rings. The highest BCUT2D eigenvalue weighted by atomic mass is 19.1. The maximum Gasteiger partial charge on any atom is 0.222 e. The molecule has 18 heavy (non-hydrogen) atoms. The van der Waals surface area contributed by atoms with Gasteiger partial charge in [0.15, 0.2) is 23.2 Å². The van der Waals surface area contributed by atoms with Crippen molar-refractivity contribution in [2.75, 3.05) is 18.2 Å². The van der Waals surface area contributed by atoms with Crippen molar-refractivity contribution in [3.63, 3.8) is 0 Å². The minimum atomic E-state index is -0.680. The lowest BCUT2D eigenvalue weighted by Crippen LogP contribution is -2.02. The van der Waals surface area contributed by atoms with Gasteiger partial charge in [-0.3, -0.25) is 0 Å². The van der Waals surface area contributed by atoms with Crippen LogP contribution in [0.5, 0.6) is 5.75 Å². The minimum Gasteiger partial charge on any atom is -0.494 e. The Morgan fingerprint density at radius 3 is 2.72 bits per heavy atom. The highest BCUT2D eigenvalue weighted by Gasteiger charge is 2.08. The Hall–Kier alpha value is -2.44. The summed E-state index contributed by atoms with van der Waals surface area (Å²) in [5, 5.41) is 2.60. The maximum atomic E-state index is 13.4. The first-order valence-corrected chi connectivity index (χ1v) is 4.98. The number of halogens is 2. The number of nitrogens with two attached hydrogens (primary N) is 1. The van der Waals surface area contributed by atoms with Crippen molar-refractivity contribution in [1.29, 1.82) is 0 Å². The molecule has 0 saturated heterocycles. The number of hydrogen-bond acceptors (Lipinski definition) is 5. The smallest absolute Gasteiger partial charge is 0.222 e. The van der Waals surface area contributed by atoms with Crippen LogP contribution in [0.4, 0.5) is 26.2 Å². The molecule has 0 atom stereocenters. The van der Waals surface area contributed by atoms with Gasteiger partial charge in [-0.1, -0.05) is 0 Å². The molecule has 0 radical (unpaired) electrons. The van der Waals surface area contributed by atoms with Crippen LogP contribution < -0.4 is 15.8 Å². The molecule has 0 spiro atoms. The summed E-state index contributed by atoms with van der Waals surface area (Å²) in [6.07, 6.45) is 0.935. The Balaban J connectivity index is 2.28. The Morgan fingerprint density at radius 2 is 2.06 bits per heavy atom. The van der Waals surface area contributed by atoms with E-state index in [1.54, 1.807) is 0 Å². The Labute approximate surface area is 102 Å².